The van der Waals surface area contributed by atoms with E-state index in [9.17, 15) is 0 Å². The van der Waals surface area contributed by atoms with E-state index in [2.05, 4.69) is 6.92 Å². The standard InChI is InChI=1S/C2H4O2.C2H3O2.Mg.Zr/c2*1-2(3)4;;/h1H3,(H,3,4);1H2,(H,3,4);;/q;-1;+2;/p-1. The molecule has 0 rings (SSSR count). The summed E-state index contributed by atoms with van der Waals surface area (Å²) < 4.78 is 0. The molecule has 0 aromatic carbocycles. The van der Waals surface area contributed by atoms with Crippen LogP contribution in [0, 0.1) is 6.92 Å². The van der Waals surface area contributed by atoms with Crippen LogP contribution in [0.5, 0.6) is 0 Å². The molecule has 0 heterocycles. The normalized spacial score (nSPS) is 4.90. The van der Waals surface area contributed by atoms with E-state index in [-0.39, 0.29) is 49.3 Å². The fourth-order valence-corrected chi connectivity index (χ4v) is 0. The zero-order chi connectivity index (χ0) is 7.15. The van der Waals surface area contributed by atoms with Crippen molar-refractivity contribution < 1.29 is 46.0 Å². The zero-order valence-electron chi connectivity index (χ0n) is 5.59. The largest absolute Gasteiger partial charge is 2.00 e. The van der Waals surface area contributed by atoms with Gasteiger partial charge >= 0.3 is 23.1 Å². The molecule has 0 amide bonds. The Kier molecular flexibility index (Phi) is 36.4. The molecule has 0 unspecified atom stereocenters. The second kappa shape index (κ2) is 16.2. The molecule has 0 bridgehead atoms. The van der Waals surface area contributed by atoms with Gasteiger partial charge in [0, 0.05) is 32.2 Å². The maximum atomic E-state index is 8.89. The topological polar surface area (TPSA) is 77.4 Å². The Morgan fingerprint density at radius 3 is 1.50 bits per heavy atom. The molecule has 0 radical (unpaired) electrons. The molecule has 0 fully saturated rings. The van der Waals surface area contributed by atoms with Gasteiger partial charge in [0.15, 0.2) is 5.97 Å². The van der Waals surface area contributed by atoms with Gasteiger partial charge in [0.25, 0.3) is 0 Å². The van der Waals surface area contributed by atoms with Crippen LogP contribution in [-0.2, 0) is 35.8 Å². The van der Waals surface area contributed by atoms with E-state index in [0.29, 0.717) is 0 Å². The third-order valence-corrected chi connectivity index (χ3v) is 0. The predicted molar refractivity (Wildman–Crippen MR) is 29.4 cm³/mol. The Balaban J connectivity index is -0.0000000300. The van der Waals surface area contributed by atoms with Crippen molar-refractivity contribution in [3.8, 4) is 0 Å². The fourth-order valence-electron chi connectivity index (χ4n) is 0. The molecule has 0 aromatic heterocycles. The first-order valence-corrected chi connectivity index (χ1v) is 1.69. The minimum absolute atomic E-state index is 0. The molecule has 0 atom stereocenters. The summed E-state index contributed by atoms with van der Waals surface area (Å²) in [6.07, 6.45) is 0. The van der Waals surface area contributed by atoms with Gasteiger partial charge in [0.2, 0.25) is 0 Å². The summed E-state index contributed by atoms with van der Waals surface area (Å²) >= 11 is 0. The Labute approximate surface area is 94.3 Å². The molecule has 1 N–H and O–H groups in total. The van der Waals surface area contributed by atoms with Crippen LogP contribution in [0.15, 0.2) is 0 Å². The van der Waals surface area contributed by atoms with Gasteiger partial charge in [-0.15, -0.1) is 0 Å². The number of hydrogen-bond acceptors (Lipinski definition) is 3. The van der Waals surface area contributed by atoms with Crippen LogP contribution in [0.3, 0.4) is 0 Å². The van der Waals surface area contributed by atoms with E-state index in [0.717, 1.165) is 6.92 Å². The maximum absolute atomic E-state index is 8.89. The molecule has 0 aromatic rings. The molecule has 0 aliphatic carbocycles. The van der Waals surface area contributed by atoms with Crippen LogP contribution >= 0.6 is 0 Å². The van der Waals surface area contributed by atoms with Crippen molar-refractivity contribution in [1.29, 1.82) is 0 Å². The average molecular weight is 234 g/mol. The number of carbonyl (C=O) groups excluding carboxylic acids is 1. The third kappa shape index (κ3) is 2230. The SMILES string of the molecule is CC(=O)[O-].[CH2-]C(=O)O.[Mg+2].[Zr]. The van der Waals surface area contributed by atoms with Crippen LogP contribution in [0.25, 0.3) is 0 Å². The minimum Gasteiger partial charge on any atom is -0.550 e. The first kappa shape index (κ1) is 22.4. The van der Waals surface area contributed by atoms with Gasteiger partial charge in [-0.3, -0.25) is 11.7 Å². The molecule has 0 saturated carbocycles. The zero-order valence-corrected chi connectivity index (χ0v) is 9.46. The summed E-state index contributed by atoms with van der Waals surface area (Å²) in [7, 11) is 0. The van der Waals surface area contributed by atoms with Crippen molar-refractivity contribution in [3.63, 3.8) is 0 Å². The Morgan fingerprint density at radius 2 is 1.50 bits per heavy atom. The van der Waals surface area contributed by atoms with Crippen LogP contribution in [0.2, 0.25) is 0 Å². The Morgan fingerprint density at radius 1 is 1.50 bits per heavy atom. The second-order valence-electron chi connectivity index (χ2n) is 0.885. The van der Waals surface area contributed by atoms with E-state index in [1.54, 1.807) is 0 Å². The maximum Gasteiger partial charge on any atom is 2.00 e. The van der Waals surface area contributed by atoms with Crippen LogP contribution < -0.4 is 5.11 Å². The van der Waals surface area contributed by atoms with Gasteiger partial charge in [0.05, 0.1) is 0 Å². The number of carbonyl (C=O) groups is 2. The van der Waals surface area contributed by atoms with Gasteiger partial charge in [-0.2, -0.15) is 0 Å². The molecular formula is C4H6MgO4Zr. The average Bonchev–Trinajstić information content (AvgIpc) is 1.25. The van der Waals surface area contributed by atoms with Gasteiger partial charge in [-0.05, 0) is 6.92 Å². The third-order valence-electron chi connectivity index (χ3n) is 0. The minimum atomic E-state index is -1.08. The molecule has 0 spiro atoms. The van der Waals surface area contributed by atoms with Crippen molar-refractivity contribution in [2.75, 3.05) is 0 Å². The van der Waals surface area contributed by atoms with Crippen LogP contribution in [-0.4, -0.2) is 40.1 Å². The summed E-state index contributed by atoms with van der Waals surface area (Å²) in [5, 5.41) is 16.2. The van der Waals surface area contributed by atoms with Crippen molar-refractivity contribution >= 4 is 35.0 Å². The molecule has 0 aliphatic rings. The Hall–Kier alpha value is 0.459. The van der Waals surface area contributed by atoms with Gasteiger partial charge < -0.3 is 15.0 Å². The van der Waals surface area contributed by atoms with Crippen molar-refractivity contribution in [2.45, 2.75) is 6.92 Å². The predicted octanol–water partition coefficient (Wildman–Crippen LogP) is -1.72. The quantitative estimate of drug-likeness (QED) is 0.399. The van der Waals surface area contributed by atoms with Gasteiger partial charge in [0.1, 0.15) is 0 Å². The molecule has 0 saturated heterocycles. The first-order valence-electron chi connectivity index (χ1n) is 1.69. The number of carboxylic acids is 2. The summed E-state index contributed by atoms with van der Waals surface area (Å²) in [4.78, 5) is 17.8. The van der Waals surface area contributed by atoms with Crippen molar-refractivity contribution in [2.24, 2.45) is 0 Å². The van der Waals surface area contributed by atoms with E-state index in [1.165, 1.54) is 0 Å². The monoisotopic (exact) mass is 232 g/mol. The summed E-state index contributed by atoms with van der Waals surface area (Å²) in [6, 6.07) is 0. The summed E-state index contributed by atoms with van der Waals surface area (Å²) in [5.41, 5.74) is 0. The molecule has 10 heavy (non-hydrogen) atoms. The van der Waals surface area contributed by atoms with E-state index < -0.39 is 11.9 Å². The number of carboxylic acid groups (broad SMARTS) is 2. The summed E-state index contributed by atoms with van der Waals surface area (Å²) in [5.74, 6) is -2.17. The van der Waals surface area contributed by atoms with Gasteiger partial charge in [-0.25, -0.2) is 0 Å². The van der Waals surface area contributed by atoms with Crippen molar-refractivity contribution in [1.82, 2.24) is 0 Å². The number of hydrogen-bond donors (Lipinski definition) is 1. The molecule has 0 aliphatic heterocycles. The number of aliphatic carboxylic acids is 2. The molecule has 52 valence electrons. The first-order chi connectivity index (χ1) is 3.46. The van der Waals surface area contributed by atoms with E-state index in [4.69, 9.17) is 19.8 Å². The smallest absolute Gasteiger partial charge is 0.550 e. The molecule has 6 heteroatoms. The van der Waals surface area contributed by atoms with Gasteiger partial charge in [-0.1, -0.05) is 0 Å². The fraction of sp³-hybridized carbons (Fsp3) is 0.250. The number of rotatable bonds is 0. The van der Waals surface area contributed by atoms with Crippen molar-refractivity contribution in [3.05, 3.63) is 6.92 Å². The van der Waals surface area contributed by atoms with E-state index in [1.807, 2.05) is 0 Å². The Bertz CT molecular complexity index is 75.3. The second-order valence-corrected chi connectivity index (χ2v) is 0.885. The van der Waals surface area contributed by atoms with Crippen LogP contribution in [0.1, 0.15) is 6.92 Å². The summed E-state index contributed by atoms with van der Waals surface area (Å²) in [6.45, 7) is 3.53. The van der Waals surface area contributed by atoms with Crippen LogP contribution in [0.4, 0.5) is 0 Å². The molecule has 4 nitrogen and oxygen atoms in total. The molecular weight excluding hydrogens is 228 g/mol. The van der Waals surface area contributed by atoms with E-state index >= 15 is 0 Å².